The number of thioether (sulfide) groups is 1. The molecule has 1 heterocycles. The van der Waals surface area contributed by atoms with Crippen molar-refractivity contribution in [2.24, 2.45) is 0 Å². The van der Waals surface area contributed by atoms with Crippen molar-refractivity contribution in [2.75, 3.05) is 24.7 Å². The van der Waals surface area contributed by atoms with Gasteiger partial charge in [0.1, 0.15) is 0 Å². The zero-order chi connectivity index (χ0) is 15.2. The number of aryl methyl sites for hydroxylation is 1. The second-order valence-corrected chi connectivity index (χ2v) is 6.96. The third-order valence-corrected chi connectivity index (χ3v) is 5.01. The van der Waals surface area contributed by atoms with Gasteiger partial charge in [-0.05, 0) is 24.6 Å². The van der Waals surface area contributed by atoms with Crippen LogP contribution in [0.3, 0.4) is 0 Å². The first kappa shape index (κ1) is 15.9. The van der Waals surface area contributed by atoms with Gasteiger partial charge in [0.25, 0.3) is 0 Å². The molecule has 1 amide bonds. The molecule has 2 aromatic rings. The van der Waals surface area contributed by atoms with E-state index in [2.05, 4.69) is 27.3 Å². The Kier molecular flexibility index (Phi) is 5.64. The molecule has 0 aliphatic rings. The maximum Gasteiger partial charge on any atom is 0.230 e. The van der Waals surface area contributed by atoms with E-state index in [1.807, 2.05) is 38.5 Å². The maximum atomic E-state index is 11.8. The molecule has 0 bridgehead atoms. The Morgan fingerprint density at radius 3 is 2.62 bits per heavy atom. The van der Waals surface area contributed by atoms with E-state index in [9.17, 15) is 4.79 Å². The molecule has 1 aromatic heterocycles. The zero-order valence-corrected chi connectivity index (χ0v) is 14.1. The molecule has 0 atom stereocenters. The van der Waals surface area contributed by atoms with Crippen LogP contribution in [0.4, 0.5) is 5.69 Å². The van der Waals surface area contributed by atoms with Gasteiger partial charge in [0.15, 0.2) is 4.34 Å². The van der Waals surface area contributed by atoms with Crippen LogP contribution < -0.4 is 10.2 Å². The van der Waals surface area contributed by atoms with Gasteiger partial charge in [0, 0.05) is 37.4 Å². The number of nitrogens with one attached hydrogen (secondary N) is 1. The van der Waals surface area contributed by atoms with Gasteiger partial charge in [-0.15, -0.1) is 11.3 Å². The number of anilines is 1. The van der Waals surface area contributed by atoms with E-state index >= 15 is 0 Å². The summed E-state index contributed by atoms with van der Waals surface area (Å²) in [5.41, 5.74) is 3.26. The Bertz CT molecular complexity index is 593. The van der Waals surface area contributed by atoms with Gasteiger partial charge in [0.05, 0.1) is 5.75 Å². The molecular formula is C15H19N3OS2. The molecule has 0 radical (unpaired) electrons. The quantitative estimate of drug-likeness (QED) is 0.831. The lowest BCUT2D eigenvalue weighted by Gasteiger charge is -2.12. The topological polar surface area (TPSA) is 45.2 Å². The summed E-state index contributed by atoms with van der Waals surface area (Å²) in [7, 11) is 4.02. The molecule has 0 aliphatic carbocycles. The first-order valence-corrected chi connectivity index (χ1v) is 8.49. The molecule has 21 heavy (non-hydrogen) atoms. The van der Waals surface area contributed by atoms with Gasteiger partial charge in [0.2, 0.25) is 5.91 Å². The molecule has 112 valence electrons. The van der Waals surface area contributed by atoms with Crippen molar-refractivity contribution in [2.45, 2.75) is 17.8 Å². The molecule has 0 unspecified atom stereocenters. The van der Waals surface area contributed by atoms with Crippen LogP contribution in [-0.2, 0) is 11.3 Å². The second kappa shape index (κ2) is 7.47. The highest BCUT2D eigenvalue weighted by atomic mass is 32.2. The van der Waals surface area contributed by atoms with Crippen molar-refractivity contribution in [3.05, 3.63) is 40.9 Å². The van der Waals surface area contributed by atoms with Crippen molar-refractivity contribution in [3.63, 3.8) is 0 Å². The summed E-state index contributed by atoms with van der Waals surface area (Å²) in [6, 6.07) is 8.17. The number of hydrogen-bond acceptors (Lipinski definition) is 5. The van der Waals surface area contributed by atoms with Crippen LogP contribution in [0.2, 0.25) is 0 Å². The summed E-state index contributed by atoms with van der Waals surface area (Å²) in [6.07, 6.45) is 0. The summed E-state index contributed by atoms with van der Waals surface area (Å²) in [6.45, 7) is 2.52. The summed E-state index contributed by atoms with van der Waals surface area (Å²) in [5.74, 6) is 0.437. The van der Waals surface area contributed by atoms with E-state index in [-0.39, 0.29) is 5.91 Å². The fourth-order valence-corrected chi connectivity index (χ4v) is 3.37. The number of benzene rings is 1. The first-order valence-electron chi connectivity index (χ1n) is 6.62. The molecular weight excluding hydrogens is 302 g/mol. The highest BCUT2D eigenvalue weighted by molar-refractivity contribution is 8.01. The molecule has 0 spiro atoms. The lowest BCUT2D eigenvalue weighted by Crippen LogP contribution is -2.24. The first-order chi connectivity index (χ1) is 10.0. The largest absolute Gasteiger partial charge is 0.378 e. The molecule has 0 saturated heterocycles. The minimum absolute atomic E-state index is 0.0320. The number of carbonyl (C=O) groups excluding carboxylic acids is 1. The lowest BCUT2D eigenvalue weighted by atomic mass is 10.2. The minimum atomic E-state index is 0.0320. The van der Waals surface area contributed by atoms with Gasteiger partial charge in [-0.3, -0.25) is 4.79 Å². The van der Waals surface area contributed by atoms with E-state index in [1.54, 1.807) is 11.3 Å². The van der Waals surface area contributed by atoms with Gasteiger partial charge < -0.3 is 10.2 Å². The molecule has 4 nitrogen and oxygen atoms in total. The number of carbonyl (C=O) groups is 1. The Hall–Kier alpha value is -1.53. The SMILES string of the molecule is Cc1csc(SCC(=O)NCc2ccc(N(C)C)cc2)n1. The fraction of sp³-hybridized carbons (Fsp3) is 0.333. The monoisotopic (exact) mass is 321 g/mol. The lowest BCUT2D eigenvalue weighted by molar-refractivity contribution is -0.118. The number of nitrogens with zero attached hydrogens (tertiary/aromatic N) is 2. The Morgan fingerprint density at radius 2 is 2.05 bits per heavy atom. The number of aromatic nitrogens is 1. The Morgan fingerprint density at radius 1 is 1.33 bits per heavy atom. The number of hydrogen-bond donors (Lipinski definition) is 1. The molecule has 1 N–H and O–H groups in total. The molecule has 0 fully saturated rings. The van der Waals surface area contributed by atoms with E-state index in [0.717, 1.165) is 21.3 Å². The molecule has 1 aromatic carbocycles. The van der Waals surface area contributed by atoms with Gasteiger partial charge in [-0.2, -0.15) is 0 Å². The predicted molar refractivity (Wildman–Crippen MR) is 90.2 cm³/mol. The van der Waals surface area contributed by atoms with Crippen LogP contribution >= 0.6 is 23.1 Å². The van der Waals surface area contributed by atoms with Crippen LogP contribution in [0.1, 0.15) is 11.3 Å². The van der Waals surface area contributed by atoms with Gasteiger partial charge in [-0.1, -0.05) is 23.9 Å². The Balaban J connectivity index is 1.75. The highest BCUT2D eigenvalue weighted by Crippen LogP contribution is 2.21. The Labute approximate surface area is 133 Å². The molecule has 0 aliphatic heterocycles. The average Bonchev–Trinajstić information content (AvgIpc) is 2.89. The molecule has 0 saturated carbocycles. The summed E-state index contributed by atoms with van der Waals surface area (Å²) >= 11 is 3.06. The van der Waals surface area contributed by atoms with Crippen LogP contribution in [-0.4, -0.2) is 30.7 Å². The fourth-order valence-electron chi connectivity index (χ4n) is 1.69. The van der Waals surface area contributed by atoms with Crippen molar-refractivity contribution in [1.29, 1.82) is 0 Å². The summed E-state index contributed by atoms with van der Waals surface area (Å²) < 4.78 is 0.943. The second-order valence-electron chi connectivity index (χ2n) is 4.88. The van der Waals surface area contributed by atoms with Crippen molar-refractivity contribution >= 4 is 34.7 Å². The van der Waals surface area contributed by atoms with Crippen LogP contribution in [0, 0.1) is 6.92 Å². The third-order valence-electron chi connectivity index (χ3n) is 2.87. The number of rotatable bonds is 6. The molecule has 2 rings (SSSR count). The van der Waals surface area contributed by atoms with Crippen molar-refractivity contribution < 1.29 is 4.79 Å². The van der Waals surface area contributed by atoms with E-state index in [0.29, 0.717) is 12.3 Å². The minimum Gasteiger partial charge on any atom is -0.378 e. The van der Waals surface area contributed by atoms with Gasteiger partial charge in [-0.25, -0.2) is 4.98 Å². The van der Waals surface area contributed by atoms with Crippen LogP contribution in [0.25, 0.3) is 0 Å². The normalized spacial score (nSPS) is 10.4. The maximum absolute atomic E-state index is 11.8. The standard InChI is InChI=1S/C15H19N3OS2/c1-11-9-20-15(17-11)21-10-14(19)16-8-12-4-6-13(7-5-12)18(2)3/h4-7,9H,8,10H2,1-3H3,(H,16,19). The highest BCUT2D eigenvalue weighted by Gasteiger charge is 2.05. The van der Waals surface area contributed by atoms with Crippen molar-refractivity contribution in [3.8, 4) is 0 Å². The van der Waals surface area contributed by atoms with E-state index < -0.39 is 0 Å². The van der Waals surface area contributed by atoms with Crippen LogP contribution in [0.15, 0.2) is 34.0 Å². The predicted octanol–water partition coefficient (Wildman–Crippen LogP) is 2.93. The molecule has 6 heteroatoms. The summed E-state index contributed by atoms with van der Waals surface area (Å²) in [5, 5.41) is 4.92. The summed E-state index contributed by atoms with van der Waals surface area (Å²) in [4.78, 5) is 18.2. The number of thiazole rings is 1. The zero-order valence-electron chi connectivity index (χ0n) is 12.4. The third kappa shape index (κ3) is 5.06. The van der Waals surface area contributed by atoms with Crippen LogP contribution in [0.5, 0.6) is 0 Å². The average molecular weight is 321 g/mol. The van der Waals surface area contributed by atoms with E-state index in [4.69, 9.17) is 0 Å². The van der Waals surface area contributed by atoms with Crippen molar-refractivity contribution in [1.82, 2.24) is 10.3 Å². The smallest absolute Gasteiger partial charge is 0.230 e. The number of amides is 1. The van der Waals surface area contributed by atoms with Gasteiger partial charge >= 0.3 is 0 Å². The van der Waals surface area contributed by atoms with E-state index in [1.165, 1.54) is 11.8 Å².